The number of piperidine rings is 1. The average molecular weight is 408 g/mol. The molecule has 0 aliphatic carbocycles. The van der Waals surface area contributed by atoms with Gasteiger partial charge in [0.2, 0.25) is 5.91 Å². The molecule has 2 amide bonds. The zero-order valence-corrected chi connectivity index (χ0v) is 15.9. The maximum Gasteiger partial charge on any atom is 0.290 e. The van der Waals surface area contributed by atoms with Gasteiger partial charge in [-0.05, 0) is 24.3 Å². The molecule has 2 heterocycles. The smallest absolute Gasteiger partial charge is 0.290 e. The van der Waals surface area contributed by atoms with Crippen molar-refractivity contribution < 1.29 is 18.7 Å². The fraction of sp³-hybridized carbons (Fsp3) is 0.333. The molecule has 28 heavy (non-hydrogen) atoms. The van der Waals surface area contributed by atoms with Crippen molar-refractivity contribution in [1.82, 2.24) is 21.0 Å². The second kappa shape index (κ2) is 8.83. The van der Waals surface area contributed by atoms with Crippen molar-refractivity contribution in [2.24, 2.45) is 0 Å². The number of hydrogen-bond donors (Lipinski definition) is 2. The van der Waals surface area contributed by atoms with Gasteiger partial charge < -0.3 is 9.64 Å². The Morgan fingerprint density at radius 1 is 1.18 bits per heavy atom. The van der Waals surface area contributed by atoms with Gasteiger partial charge >= 0.3 is 0 Å². The molecule has 8 nitrogen and oxygen atoms in total. The number of carbonyl (C=O) groups excluding carboxylic acids is 2. The SMILES string of the molecule is CC(=O)NNC(=O)c1ccc(N2CCC(Oc3cc(F)ccc3Cl)CC2)nn1. The molecule has 148 valence electrons. The molecule has 1 aromatic heterocycles. The van der Waals surface area contributed by atoms with E-state index < -0.39 is 11.7 Å². The first-order valence-corrected chi connectivity index (χ1v) is 9.07. The van der Waals surface area contributed by atoms with Crippen LogP contribution in [0.5, 0.6) is 5.75 Å². The van der Waals surface area contributed by atoms with E-state index in [9.17, 15) is 14.0 Å². The van der Waals surface area contributed by atoms with E-state index in [1.54, 1.807) is 6.07 Å². The number of carbonyl (C=O) groups is 2. The summed E-state index contributed by atoms with van der Waals surface area (Å²) < 4.78 is 19.2. The van der Waals surface area contributed by atoms with E-state index in [1.807, 2.05) is 4.90 Å². The van der Waals surface area contributed by atoms with Crippen molar-refractivity contribution in [2.75, 3.05) is 18.0 Å². The van der Waals surface area contributed by atoms with E-state index >= 15 is 0 Å². The number of hydrazine groups is 1. The van der Waals surface area contributed by atoms with Crippen LogP contribution in [0.25, 0.3) is 0 Å². The lowest BCUT2D eigenvalue weighted by molar-refractivity contribution is -0.119. The highest BCUT2D eigenvalue weighted by molar-refractivity contribution is 6.32. The third-order valence-electron chi connectivity index (χ3n) is 4.19. The Kier molecular flexibility index (Phi) is 6.25. The number of rotatable bonds is 4. The minimum absolute atomic E-state index is 0.0776. The van der Waals surface area contributed by atoms with Crippen molar-refractivity contribution in [3.8, 4) is 5.75 Å². The van der Waals surface area contributed by atoms with Gasteiger partial charge in [-0.15, -0.1) is 10.2 Å². The Morgan fingerprint density at radius 2 is 1.93 bits per heavy atom. The zero-order valence-electron chi connectivity index (χ0n) is 15.1. The predicted molar refractivity (Wildman–Crippen MR) is 101 cm³/mol. The van der Waals surface area contributed by atoms with Crippen LogP contribution in [0.4, 0.5) is 10.2 Å². The standard InChI is InChI=1S/C18H19ClFN5O3/c1-11(26)21-24-18(27)15-4-5-17(23-22-15)25-8-6-13(7-9-25)28-16-10-12(20)2-3-14(16)19/h2-5,10,13H,6-9H2,1H3,(H,21,26)(H,24,27). The van der Waals surface area contributed by atoms with Crippen LogP contribution in [0.2, 0.25) is 5.02 Å². The van der Waals surface area contributed by atoms with Gasteiger partial charge in [-0.2, -0.15) is 0 Å². The molecule has 2 aromatic rings. The van der Waals surface area contributed by atoms with Crippen molar-refractivity contribution in [3.05, 3.63) is 46.9 Å². The van der Waals surface area contributed by atoms with E-state index in [-0.39, 0.29) is 17.7 Å². The second-order valence-electron chi connectivity index (χ2n) is 6.29. The number of halogens is 2. The summed E-state index contributed by atoms with van der Waals surface area (Å²) in [5.41, 5.74) is 4.51. The first-order chi connectivity index (χ1) is 13.4. The summed E-state index contributed by atoms with van der Waals surface area (Å²) in [6.45, 7) is 2.62. The number of nitrogens with zero attached hydrogens (tertiary/aromatic N) is 3. The lowest BCUT2D eigenvalue weighted by atomic mass is 10.1. The quantitative estimate of drug-likeness (QED) is 0.753. The first kappa shape index (κ1) is 19.8. The van der Waals surface area contributed by atoms with E-state index in [0.717, 1.165) is 0 Å². The summed E-state index contributed by atoms with van der Waals surface area (Å²) in [5, 5.41) is 8.35. The minimum atomic E-state index is -0.548. The van der Waals surface area contributed by atoms with Crippen LogP contribution in [-0.2, 0) is 4.79 Å². The van der Waals surface area contributed by atoms with E-state index in [2.05, 4.69) is 21.0 Å². The summed E-state index contributed by atoms with van der Waals surface area (Å²) in [6, 6.07) is 7.27. The van der Waals surface area contributed by atoms with Gasteiger partial charge in [0.05, 0.1) is 5.02 Å². The number of amides is 2. The average Bonchev–Trinajstić information content (AvgIpc) is 2.69. The van der Waals surface area contributed by atoms with E-state index in [4.69, 9.17) is 16.3 Å². The molecule has 0 bridgehead atoms. The lowest BCUT2D eigenvalue weighted by Gasteiger charge is -2.32. The molecular formula is C18H19ClFN5O3. The molecule has 0 saturated carbocycles. The number of nitrogens with one attached hydrogen (secondary N) is 2. The summed E-state index contributed by atoms with van der Waals surface area (Å²) in [6.07, 6.45) is 1.34. The summed E-state index contributed by atoms with van der Waals surface area (Å²) >= 11 is 6.04. The van der Waals surface area contributed by atoms with Crippen LogP contribution in [-0.4, -0.2) is 41.2 Å². The summed E-state index contributed by atoms with van der Waals surface area (Å²) in [5.74, 6) is -0.349. The van der Waals surface area contributed by atoms with Gasteiger partial charge in [0.1, 0.15) is 17.7 Å². The third-order valence-corrected chi connectivity index (χ3v) is 4.50. The highest BCUT2D eigenvalue weighted by atomic mass is 35.5. The van der Waals surface area contributed by atoms with Crippen molar-refractivity contribution >= 4 is 29.2 Å². The molecule has 0 radical (unpaired) electrons. The predicted octanol–water partition coefficient (Wildman–Crippen LogP) is 2.10. The molecule has 0 spiro atoms. The fourth-order valence-electron chi connectivity index (χ4n) is 2.77. The Bertz CT molecular complexity index is 857. The van der Waals surface area contributed by atoms with Gasteiger partial charge in [0, 0.05) is 38.9 Å². The molecule has 1 saturated heterocycles. The second-order valence-corrected chi connectivity index (χ2v) is 6.70. The van der Waals surface area contributed by atoms with Gasteiger partial charge in [0.25, 0.3) is 5.91 Å². The first-order valence-electron chi connectivity index (χ1n) is 8.69. The Balaban J connectivity index is 1.54. The van der Waals surface area contributed by atoms with Crippen LogP contribution in [0, 0.1) is 5.82 Å². The lowest BCUT2D eigenvalue weighted by Crippen LogP contribution is -2.41. The molecule has 0 unspecified atom stereocenters. The third kappa shape index (κ3) is 5.07. The Labute approximate surface area is 166 Å². The topological polar surface area (TPSA) is 96.5 Å². The zero-order chi connectivity index (χ0) is 20.1. The van der Waals surface area contributed by atoms with Crippen LogP contribution < -0.4 is 20.5 Å². The maximum atomic E-state index is 13.4. The van der Waals surface area contributed by atoms with Gasteiger partial charge in [-0.3, -0.25) is 20.4 Å². The van der Waals surface area contributed by atoms with Crippen LogP contribution in [0.15, 0.2) is 30.3 Å². The maximum absolute atomic E-state index is 13.4. The van der Waals surface area contributed by atoms with Gasteiger partial charge in [-0.25, -0.2) is 4.39 Å². The van der Waals surface area contributed by atoms with E-state index in [1.165, 1.54) is 31.2 Å². The Morgan fingerprint density at radius 3 is 2.57 bits per heavy atom. The Hall–Kier alpha value is -2.94. The fourth-order valence-corrected chi connectivity index (χ4v) is 2.94. The van der Waals surface area contributed by atoms with Crippen LogP contribution in [0.3, 0.4) is 0 Å². The summed E-state index contributed by atoms with van der Waals surface area (Å²) in [4.78, 5) is 24.6. The number of ether oxygens (including phenoxy) is 1. The molecule has 0 atom stereocenters. The van der Waals surface area contributed by atoms with Crippen molar-refractivity contribution in [2.45, 2.75) is 25.9 Å². The van der Waals surface area contributed by atoms with E-state index in [0.29, 0.717) is 42.5 Å². The molecule has 3 rings (SSSR count). The molecular weight excluding hydrogens is 389 g/mol. The number of benzene rings is 1. The molecule has 10 heteroatoms. The van der Waals surface area contributed by atoms with Crippen molar-refractivity contribution in [3.63, 3.8) is 0 Å². The monoisotopic (exact) mass is 407 g/mol. The van der Waals surface area contributed by atoms with Crippen LogP contribution in [0.1, 0.15) is 30.3 Å². The number of aromatic nitrogens is 2. The molecule has 1 aromatic carbocycles. The molecule has 1 fully saturated rings. The molecule has 1 aliphatic rings. The highest BCUT2D eigenvalue weighted by Crippen LogP contribution is 2.28. The van der Waals surface area contributed by atoms with Crippen LogP contribution >= 0.6 is 11.6 Å². The molecule has 2 N–H and O–H groups in total. The summed E-state index contributed by atoms with van der Waals surface area (Å²) in [7, 11) is 0. The van der Waals surface area contributed by atoms with Gasteiger partial charge in [0.15, 0.2) is 11.5 Å². The number of hydrogen-bond acceptors (Lipinski definition) is 6. The van der Waals surface area contributed by atoms with Crippen molar-refractivity contribution in [1.29, 1.82) is 0 Å². The molecule has 1 aliphatic heterocycles. The largest absolute Gasteiger partial charge is 0.489 e. The van der Waals surface area contributed by atoms with Gasteiger partial charge in [-0.1, -0.05) is 11.6 Å². The number of anilines is 1. The normalized spacial score (nSPS) is 14.5. The highest BCUT2D eigenvalue weighted by Gasteiger charge is 2.23. The minimum Gasteiger partial charge on any atom is -0.489 e.